The zero-order valence-corrected chi connectivity index (χ0v) is 13.2. The predicted molar refractivity (Wildman–Crippen MR) is 79.7 cm³/mol. The molecule has 1 aliphatic carbocycles. The number of nitrogens with two attached hydrogens (primary N) is 1. The molecule has 0 aliphatic heterocycles. The van der Waals surface area contributed by atoms with Crippen LogP contribution >= 0.6 is 12.2 Å². The van der Waals surface area contributed by atoms with Crippen molar-refractivity contribution in [3.8, 4) is 0 Å². The first-order valence-electron chi connectivity index (χ1n) is 7.35. The van der Waals surface area contributed by atoms with Crippen molar-refractivity contribution < 1.29 is 18.0 Å². The minimum absolute atomic E-state index is 0.106. The van der Waals surface area contributed by atoms with E-state index in [0.717, 1.165) is 0 Å². The maximum atomic E-state index is 12.8. The van der Waals surface area contributed by atoms with Gasteiger partial charge in [0.05, 0.1) is 16.4 Å². The van der Waals surface area contributed by atoms with Gasteiger partial charge in [-0.2, -0.15) is 13.2 Å². The van der Waals surface area contributed by atoms with Crippen molar-refractivity contribution >= 4 is 23.1 Å². The van der Waals surface area contributed by atoms with Crippen molar-refractivity contribution in [1.29, 1.82) is 0 Å². The van der Waals surface area contributed by atoms with Crippen LogP contribution in [0.15, 0.2) is 0 Å². The molecular weight excluding hydrogens is 301 g/mol. The number of alkyl halides is 3. The Morgan fingerprint density at radius 3 is 2.29 bits per heavy atom. The van der Waals surface area contributed by atoms with Gasteiger partial charge in [0.2, 0.25) is 5.91 Å². The summed E-state index contributed by atoms with van der Waals surface area (Å²) < 4.78 is 38.4. The van der Waals surface area contributed by atoms with E-state index in [4.69, 9.17) is 18.0 Å². The Morgan fingerprint density at radius 1 is 1.29 bits per heavy atom. The molecule has 0 spiro atoms. The second-order valence-electron chi connectivity index (χ2n) is 5.74. The third-order valence-electron chi connectivity index (χ3n) is 4.55. The molecule has 0 heterocycles. The van der Waals surface area contributed by atoms with Gasteiger partial charge in [0.25, 0.3) is 0 Å². The summed E-state index contributed by atoms with van der Waals surface area (Å²) in [5.74, 6) is -2.36. The number of hydrogen-bond acceptors (Lipinski definition) is 2. The highest BCUT2D eigenvalue weighted by molar-refractivity contribution is 7.80. The van der Waals surface area contributed by atoms with Gasteiger partial charge in [0.1, 0.15) is 0 Å². The molecule has 2 atom stereocenters. The van der Waals surface area contributed by atoms with Crippen molar-refractivity contribution in [1.82, 2.24) is 5.32 Å². The van der Waals surface area contributed by atoms with Gasteiger partial charge in [-0.3, -0.25) is 4.79 Å². The summed E-state index contributed by atoms with van der Waals surface area (Å²) in [7, 11) is 0. The third kappa shape index (κ3) is 4.31. The molecule has 122 valence electrons. The molecule has 1 rings (SSSR count). The molecule has 1 saturated carbocycles. The fourth-order valence-corrected chi connectivity index (χ4v) is 3.24. The maximum Gasteiger partial charge on any atom is 0.391 e. The first-order chi connectivity index (χ1) is 9.66. The summed E-state index contributed by atoms with van der Waals surface area (Å²) in [5, 5.41) is 2.80. The molecule has 3 N–H and O–H groups in total. The number of rotatable bonds is 5. The molecule has 1 aliphatic rings. The van der Waals surface area contributed by atoms with Crippen molar-refractivity contribution in [3.05, 3.63) is 0 Å². The van der Waals surface area contributed by atoms with E-state index in [1.165, 1.54) is 0 Å². The largest absolute Gasteiger partial charge is 0.391 e. The lowest BCUT2D eigenvalue weighted by molar-refractivity contribution is -0.186. The van der Waals surface area contributed by atoms with Crippen LogP contribution in [0.2, 0.25) is 0 Å². The normalized spacial score (nSPS) is 23.7. The van der Waals surface area contributed by atoms with Gasteiger partial charge in [0, 0.05) is 5.92 Å². The van der Waals surface area contributed by atoms with Crippen molar-refractivity contribution in [2.75, 3.05) is 0 Å². The quantitative estimate of drug-likeness (QED) is 0.763. The number of carbonyl (C=O) groups is 1. The average Bonchev–Trinajstić information content (AvgIpc) is 2.43. The van der Waals surface area contributed by atoms with E-state index in [0.29, 0.717) is 25.7 Å². The second kappa shape index (κ2) is 6.94. The lowest BCUT2D eigenvalue weighted by Crippen LogP contribution is -2.57. The highest BCUT2D eigenvalue weighted by atomic mass is 32.1. The predicted octanol–water partition coefficient (Wildman–Crippen LogP) is 3.32. The summed E-state index contributed by atoms with van der Waals surface area (Å²) in [6.07, 6.45) is -2.31. The van der Waals surface area contributed by atoms with Gasteiger partial charge in [0.15, 0.2) is 0 Å². The molecule has 21 heavy (non-hydrogen) atoms. The van der Waals surface area contributed by atoms with Crippen LogP contribution in [0.25, 0.3) is 0 Å². The molecule has 0 aromatic carbocycles. The average molecular weight is 324 g/mol. The zero-order valence-electron chi connectivity index (χ0n) is 12.4. The molecule has 1 amide bonds. The van der Waals surface area contributed by atoms with Gasteiger partial charge in [-0.15, -0.1) is 0 Å². The Labute approximate surface area is 128 Å². The van der Waals surface area contributed by atoms with Gasteiger partial charge in [-0.1, -0.05) is 32.5 Å². The second-order valence-corrected chi connectivity index (χ2v) is 6.18. The topological polar surface area (TPSA) is 55.1 Å². The fraction of sp³-hybridized carbons (Fsp3) is 0.857. The van der Waals surface area contributed by atoms with Gasteiger partial charge < -0.3 is 11.1 Å². The summed E-state index contributed by atoms with van der Waals surface area (Å²) in [4.78, 5) is 12.5. The summed E-state index contributed by atoms with van der Waals surface area (Å²) >= 11 is 5.01. The summed E-state index contributed by atoms with van der Waals surface area (Å²) in [5.41, 5.74) is 4.91. The molecule has 0 saturated heterocycles. The SMILES string of the molecule is CCC(CC)(NC(=O)C1CCCC(C(F)(F)F)C1)C(N)=S. The Morgan fingerprint density at radius 2 is 1.86 bits per heavy atom. The van der Waals surface area contributed by atoms with E-state index in [2.05, 4.69) is 5.32 Å². The van der Waals surface area contributed by atoms with Crippen LogP contribution in [-0.2, 0) is 4.79 Å². The lowest BCUT2D eigenvalue weighted by atomic mass is 9.80. The molecular formula is C14H23F3N2OS. The van der Waals surface area contributed by atoms with E-state index in [-0.39, 0.29) is 23.7 Å². The number of thiocarbonyl (C=S) groups is 1. The highest BCUT2D eigenvalue weighted by Gasteiger charge is 2.44. The third-order valence-corrected chi connectivity index (χ3v) is 4.94. The van der Waals surface area contributed by atoms with E-state index in [9.17, 15) is 18.0 Å². The zero-order chi connectivity index (χ0) is 16.3. The summed E-state index contributed by atoms with van der Waals surface area (Å²) in [6, 6.07) is 0. The number of carbonyl (C=O) groups excluding carboxylic acids is 1. The molecule has 1 fully saturated rings. The Bertz CT molecular complexity index is 394. The number of halogens is 3. The standard InChI is InChI=1S/C14H23F3N2OS/c1-3-13(4-2,12(18)21)19-11(20)9-6-5-7-10(8-9)14(15,16)17/h9-10H,3-8H2,1-2H3,(H2,18,21)(H,19,20). The van der Waals surface area contributed by atoms with E-state index in [1.54, 1.807) is 0 Å². The molecule has 2 unspecified atom stereocenters. The molecule has 3 nitrogen and oxygen atoms in total. The van der Waals surface area contributed by atoms with E-state index < -0.39 is 23.6 Å². The number of nitrogens with one attached hydrogen (secondary N) is 1. The molecule has 0 bridgehead atoms. The molecule has 0 radical (unpaired) electrons. The van der Waals surface area contributed by atoms with Crippen molar-refractivity contribution in [2.24, 2.45) is 17.6 Å². The number of hydrogen-bond donors (Lipinski definition) is 2. The van der Waals surface area contributed by atoms with E-state index >= 15 is 0 Å². The Hall–Kier alpha value is -0.850. The minimum Gasteiger partial charge on any atom is -0.391 e. The Balaban J connectivity index is 2.77. The van der Waals surface area contributed by atoms with Crippen LogP contribution in [-0.4, -0.2) is 22.6 Å². The van der Waals surface area contributed by atoms with Gasteiger partial charge in [-0.05, 0) is 32.1 Å². The number of amides is 1. The van der Waals surface area contributed by atoms with Crippen molar-refractivity contribution in [2.45, 2.75) is 64.1 Å². The van der Waals surface area contributed by atoms with Crippen LogP contribution in [0.1, 0.15) is 52.4 Å². The summed E-state index contributed by atoms with van der Waals surface area (Å²) in [6.45, 7) is 3.70. The molecule has 7 heteroatoms. The van der Waals surface area contributed by atoms with Gasteiger partial charge >= 0.3 is 6.18 Å². The fourth-order valence-electron chi connectivity index (χ4n) is 2.90. The van der Waals surface area contributed by atoms with Crippen molar-refractivity contribution in [3.63, 3.8) is 0 Å². The van der Waals surface area contributed by atoms with Crippen LogP contribution in [0.5, 0.6) is 0 Å². The van der Waals surface area contributed by atoms with Crippen LogP contribution in [0, 0.1) is 11.8 Å². The van der Waals surface area contributed by atoms with E-state index in [1.807, 2.05) is 13.8 Å². The van der Waals surface area contributed by atoms with Crippen LogP contribution < -0.4 is 11.1 Å². The van der Waals surface area contributed by atoms with Crippen LogP contribution in [0.3, 0.4) is 0 Å². The first-order valence-corrected chi connectivity index (χ1v) is 7.75. The first kappa shape index (κ1) is 18.2. The monoisotopic (exact) mass is 324 g/mol. The smallest absolute Gasteiger partial charge is 0.391 e. The maximum absolute atomic E-state index is 12.8. The molecule has 0 aromatic rings. The minimum atomic E-state index is -4.23. The highest BCUT2D eigenvalue weighted by Crippen LogP contribution is 2.40. The molecule has 0 aromatic heterocycles. The Kier molecular flexibility index (Phi) is 6.01. The van der Waals surface area contributed by atoms with Crippen LogP contribution in [0.4, 0.5) is 13.2 Å². The lowest BCUT2D eigenvalue weighted by Gasteiger charge is -2.35. The van der Waals surface area contributed by atoms with Gasteiger partial charge in [-0.25, -0.2) is 0 Å².